The van der Waals surface area contributed by atoms with E-state index in [1.807, 2.05) is 0 Å². The Hall–Kier alpha value is -3.91. The van der Waals surface area contributed by atoms with Gasteiger partial charge in [0.1, 0.15) is 23.9 Å². The van der Waals surface area contributed by atoms with E-state index in [1.165, 1.54) is 22.8 Å². The van der Waals surface area contributed by atoms with Crippen LogP contribution in [0.5, 0.6) is 0 Å². The van der Waals surface area contributed by atoms with Crippen LogP contribution in [0.1, 0.15) is 48.9 Å². The summed E-state index contributed by atoms with van der Waals surface area (Å²) in [6.45, 7) is 0.571. The van der Waals surface area contributed by atoms with Gasteiger partial charge in [0.05, 0.1) is 35.1 Å². The lowest BCUT2D eigenvalue weighted by atomic mass is 9.97. The Morgan fingerprint density at radius 2 is 2.00 bits per heavy atom. The minimum Gasteiger partial charge on any atom is -0.371 e. The van der Waals surface area contributed by atoms with Crippen LogP contribution in [0.3, 0.4) is 0 Å². The van der Waals surface area contributed by atoms with Gasteiger partial charge in [0, 0.05) is 17.7 Å². The average Bonchev–Trinajstić information content (AvgIpc) is 3.65. The van der Waals surface area contributed by atoms with Crippen molar-refractivity contribution in [3.63, 3.8) is 0 Å². The lowest BCUT2D eigenvalue weighted by Gasteiger charge is -2.22. The first kappa shape index (κ1) is 24.8. The highest BCUT2D eigenvalue weighted by Gasteiger charge is 2.47. The van der Waals surface area contributed by atoms with Crippen LogP contribution in [-0.2, 0) is 22.6 Å². The molecule has 1 atom stereocenters. The predicted octanol–water partition coefficient (Wildman–Crippen LogP) is 4.02. The Kier molecular flexibility index (Phi) is 6.15. The minimum atomic E-state index is -3.57. The van der Waals surface area contributed by atoms with E-state index in [4.69, 9.17) is 4.74 Å². The number of pyridine rings is 1. The first-order valence-electron chi connectivity index (χ1n) is 11.9. The fourth-order valence-corrected chi connectivity index (χ4v) is 4.68. The van der Waals surface area contributed by atoms with Gasteiger partial charge < -0.3 is 10.1 Å². The molecule has 0 radical (unpaired) electrons. The molecule has 1 aliphatic carbocycles. The number of aryl methyl sites for hydroxylation is 1. The second-order valence-corrected chi connectivity index (χ2v) is 9.42. The molecule has 1 aliphatic heterocycles. The summed E-state index contributed by atoms with van der Waals surface area (Å²) < 4.78 is 51.4. The molecular weight excluding hydrogens is 487 g/mol. The number of halogens is 3. The normalized spacial score (nSPS) is 21.5. The van der Waals surface area contributed by atoms with Gasteiger partial charge in [-0.15, -0.1) is 0 Å². The predicted molar refractivity (Wildman–Crippen MR) is 130 cm³/mol. The van der Waals surface area contributed by atoms with E-state index in [0.717, 1.165) is 6.07 Å². The fourth-order valence-electron chi connectivity index (χ4n) is 4.68. The monoisotopic (exact) mass is 511 g/mol. The Labute approximate surface area is 209 Å². The van der Waals surface area contributed by atoms with Gasteiger partial charge in [-0.2, -0.15) is 19.0 Å². The molecule has 37 heavy (non-hydrogen) atoms. The van der Waals surface area contributed by atoms with E-state index in [2.05, 4.69) is 21.4 Å². The number of anilines is 1. The molecular formula is C26H24F3N5O3. The number of ether oxygens (including phenoxy) is 1. The number of hydrogen-bond donors (Lipinski definition) is 2. The Balaban J connectivity index is 1.72. The summed E-state index contributed by atoms with van der Waals surface area (Å²) >= 11 is 0. The third-order valence-corrected chi connectivity index (χ3v) is 6.89. The van der Waals surface area contributed by atoms with Crippen LogP contribution in [0.2, 0.25) is 0 Å². The Morgan fingerprint density at radius 1 is 1.22 bits per heavy atom. The summed E-state index contributed by atoms with van der Waals surface area (Å²) in [6.07, 6.45) is 4.60. The quantitative estimate of drug-likeness (QED) is 0.478. The molecule has 1 saturated carbocycles. The number of H-pyrrole nitrogens is 1. The third kappa shape index (κ3) is 4.42. The molecule has 192 valence electrons. The van der Waals surface area contributed by atoms with Gasteiger partial charge in [0.15, 0.2) is 0 Å². The minimum absolute atomic E-state index is 0.0507. The van der Waals surface area contributed by atoms with Crippen LogP contribution in [0.15, 0.2) is 46.0 Å². The highest BCUT2D eigenvalue weighted by atomic mass is 19.3. The topological polar surface area (TPSA) is 113 Å². The molecule has 5 rings (SSSR count). The van der Waals surface area contributed by atoms with E-state index in [1.54, 1.807) is 19.1 Å². The van der Waals surface area contributed by atoms with Crippen molar-refractivity contribution in [3.05, 3.63) is 79.8 Å². The molecule has 8 nitrogen and oxygen atoms in total. The molecule has 6 bridgehead atoms. The largest absolute Gasteiger partial charge is 0.371 e. The highest BCUT2D eigenvalue weighted by molar-refractivity contribution is 5.87. The standard InChI is InChI=1S/C26H24F3N5O3/c1-15-16-6-5-7-18(20(16)27)26(28,29)14-37-11-4-2-3-10-34-22-17(21(31-15)32-24(36)33-22)12-19(23(34)35)25(13-30)8-9-25/h2,4-7,12,15H,3,8-11,14H2,1H3,(H2,31,32,33,36)/b4-2-/t15-/m1/s1. The molecule has 2 aromatic heterocycles. The van der Waals surface area contributed by atoms with Crippen molar-refractivity contribution < 1.29 is 17.9 Å². The second kappa shape index (κ2) is 9.19. The van der Waals surface area contributed by atoms with E-state index >= 15 is 4.39 Å². The number of allylic oxidation sites excluding steroid dienone is 1. The summed E-state index contributed by atoms with van der Waals surface area (Å²) in [6, 6.07) is 6.62. The van der Waals surface area contributed by atoms with Crippen LogP contribution in [0.25, 0.3) is 11.0 Å². The van der Waals surface area contributed by atoms with Crippen molar-refractivity contribution >= 4 is 16.9 Å². The van der Waals surface area contributed by atoms with Gasteiger partial charge in [-0.05, 0) is 38.3 Å². The van der Waals surface area contributed by atoms with E-state index in [0.29, 0.717) is 30.2 Å². The Morgan fingerprint density at radius 3 is 2.73 bits per heavy atom. The number of nitrogens with zero attached hydrogens (tertiary/aromatic N) is 3. The number of aromatic amines is 1. The molecule has 0 spiro atoms. The zero-order valence-electron chi connectivity index (χ0n) is 20.0. The zero-order chi connectivity index (χ0) is 26.4. The number of fused-ring (bicyclic) bond motifs is 2. The molecule has 2 aliphatic rings. The summed E-state index contributed by atoms with van der Waals surface area (Å²) in [4.78, 5) is 32.6. The van der Waals surface area contributed by atoms with Gasteiger partial charge in [-0.1, -0.05) is 24.3 Å². The van der Waals surface area contributed by atoms with Gasteiger partial charge in [0.25, 0.3) is 11.5 Å². The molecule has 3 aromatic rings. The number of nitrogens with one attached hydrogen (secondary N) is 2. The number of rotatable bonds is 1. The van der Waals surface area contributed by atoms with Gasteiger partial charge in [-0.3, -0.25) is 14.3 Å². The van der Waals surface area contributed by atoms with Crippen molar-refractivity contribution in [3.8, 4) is 6.07 Å². The molecule has 11 heteroatoms. The zero-order valence-corrected chi connectivity index (χ0v) is 20.0. The van der Waals surface area contributed by atoms with Gasteiger partial charge in [0.2, 0.25) is 0 Å². The van der Waals surface area contributed by atoms with E-state index < -0.39 is 46.6 Å². The SMILES string of the molecule is C[C@H]1Nc2nc(=O)[nH]c3c2cc(C2(C#N)CC2)c(=O)n3CC/C=C\COCC(F)(F)c2cccc1c2F. The lowest BCUT2D eigenvalue weighted by Crippen LogP contribution is -2.30. The number of alkyl halides is 2. The van der Waals surface area contributed by atoms with E-state index in [9.17, 15) is 23.6 Å². The Bertz CT molecular complexity index is 1570. The van der Waals surface area contributed by atoms with Crippen molar-refractivity contribution in [2.75, 3.05) is 18.5 Å². The average molecular weight is 512 g/mol. The maximum atomic E-state index is 15.3. The lowest BCUT2D eigenvalue weighted by molar-refractivity contribution is -0.0795. The fraction of sp³-hybridized carbons (Fsp3) is 0.385. The molecule has 0 amide bonds. The third-order valence-electron chi connectivity index (χ3n) is 6.89. The molecule has 3 heterocycles. The summed E-state index contributed by atoms with van der Waals surface area (Å²) in [5.41, 5.74) is -2.41. The van der Waals surface area contributed by atoms with Crippen LogP contribution >= 0.6 is 0 Å². The summed E-state index contributed by atoms with van der Waals surface area (Å²) in [7, 11) is 0. The number of nitriles is 1. The molecule has 2 N–H and O–H groups in total. The van der Waals surface area contributed by atoms with E-state index in [-0.39, 0.29) is 30.2 Å². The van der Waals surface area contributed by atoms with Gasteiger partial charge in [-0.25, -0.2) is 9.18 Å². The number of aromatic nitrogens is 3. The second-order valence-electron chi connectivity index (χ2n) is 9.42. The first-order chi connectivity index (χ1) is 17.7. The van der Waals surface area contributed by atoms with Crippen molar-refractivity contribution in [2.24, 2.45) is 0 Å². The van der Waals surface area contributed by atoms with Crippen LogP contribution in [0.4, 0.5) is 19.0 Å². The van der Waals surface area contributed by atoms with Gasteiger partial charge >= 0.3 is 5.69 Å². The van der Waals surface area contributed by atoms with Crippen molar-refractivity contribution in [2.45, 2.75) is 50.1 Å². The van der Waals surface area contributed by atoms with Crippen molar-refractivity contribution in [1.82, 2.24) is 14.5 Å². The number of hydrogen-bond acceptors (Lipinski definition) is 6. The van der Waals surface area contributed by atoms with Crippen LogP contribution < -0.4 is 16.6 Å². The highest BCUT2D eigenvalue weighted by Crippen LogP contribution is 2.47. The smallest absolute Gasteiger partial charge is 0.348 e. The summed E-state index contributed by atoms with van der Waals surface area (Å²) in [5.74, 6) is -4.61. The molecule has 0 saturated heterocycles. The van der Waals surface area contributed by atoms with Crippen molar-refractivity contribution in [1.29, 1.82) is 5.26 Å². The van der Waals surface area contributed by atoms with Crippen LogP contribution in [0, 0.1) is 17.1 Å². The number of benzene rings is 1. The maximum Gasteiger partial charge on any atom is 0.348 e. The molecule has 1 aromatic carbocycles. The van der Waals surface area contributed by atoms with Crippen LogP contribution in [-0.4, -0.2) is 27.7 Å². The summed E-state index contributed by atoms with van der Waals surface area (Å²) in [5, 5.41) is 13.1. The molecule has 0 unspecified atom stereocenters. The first-order valence-corrected chi connectivity index (χ1v) is 11.9. The maximum absolute atomic E-state index is 15.3. The molecule has 1 fully saturated rings.